The Morgan fingerprint density at radius 1 is 1.40 bits per heavy atom. The Hall–Kier alpha value is -2.60. The van der Waals surface area contributed by atoms with Crippen molar-refractivity contribution in [2.24, 2.45) is 12.8 Å². The third-order valence-corrected chi connectivity index (χ3v) is 4.01. The van der Waals surface area contributed by atoms with Gasteiger partial charge in [-0.05, 0) is 24.5 Å². The Labute approximate surface area is 147 Å². The Bertz CT molecular complexity index is 806. The first kappa shape index (κ1) is 18.7. The molecule has 0 amide bonds. The lowest BCUT2D eigenvalue weighted by molar-refractivity contribution is -0.671. The van der Waals surface area contributed by atoms with Gasteiger partial charge in [-0.3, -0.25) is 0 Å². The third kappa shape index (κ3) is 5.46. The smallest absolute Gasteiger partial charge is 0.243 e. The lowest BCUT2D eigenvalue weighted by Gasteiger charge is -2.11. The zero-order valence-corrected chi connectivity index (χ0v) is 14.8. The molecule has 0 unspecified atom stereocenters. The number of carbonyl (C=O) groups is 1. The third-order valence-electron chi connectivity index (χ3n) is 4.01. The van der Waals surface area contributed by atoms with E-state index in [-0.39, 0.29) is 6.42 Å². The number of benzene rings is 1. The summed E-state index contributed by atoms with van der Waals surface area (Å²) in [6.07, 6.45) is 10.9. The Kier molecular flexibility index (Phi) is 6.77. The summed E-state index contributed by atoms with van der Waals surface area (Å²) in [7, 11) is 2.04. The number of fused-ring (bicyclic) bond motifs is 1. The highest BCUT2D eigenvalue weighted by molar-refractivity contribution is 5.84. The van der Waals surface area contributed by atoms with Gasteiger partial charge in [0.05, 0.1) is 19.6 Å². The largest absolute Gasteiger partial charge is 0.548 e. The molecule has 2 aromatic heterocycles. The van der Waals surface area contributed by atoms with Crippen LogP contribution in [0.4, 0.5) is 0 Å². The molecule has 1 aromatic carbocycles. The van der Waals surface area contributed by atoms with Crippen molar-refractivity contribution in [2.45, 2.75) is 38.8 Å². The van der Waals surface area contributed by atoms with Gasteiger partial charge in [0.2, 0.25) is 6.33 Å². The minimum atomic E-state index is -1.22. The maximum Gasteiger partial charge on any atom is 0.243 e. The maximum absolute atomic E-state index is 10.5. The van der Waals surface area contributed by atoms with Crippen molar-refractivity contribution in [3.63, 3.8) is 0 Å². The lowest BCUT2D eigenvalue weighted by Crippen LogP contribution is -2.43. The summed E-state index contributed by atoms with van der Waals surface area (Å²) in [5.41, 5.74) is 7.31. The van der Waals surface area contributed by atoms with Gasteiger partial charge < -0.3 is 20.6 Å². The topological polar surface area (TPSA) is 90.8 Å². The second kappa shape index (κ2) is 9.03. The molecule has 0 aliphatic heterocycles. The number of hydrogen-bond acceptors (Lipinski definition) is 3. The Morgan fingerprint density at radius 3 is 2.80 bits per heavy atom. The van der Waals surface area contributed by atoms with Gasteiger partial charge in [0, 0.05) is 23.1 Å². The quantitative estimate of drug-likeness (QED) is 0.652. The number of rotatable bonds is 6. The molecule has 3 rings (SSSR count). The molecule has 0 aliphatic carbocycles. The molecule has 6 nitrogen and oxygen atoms in total. The van der Waals surface area contributed by atoms with Gasteiger partial charge in [-0.15, -0.1) is 0 Å². The number of hydrogen-bond donors (Lipinski definition) is 2. The Balaban J connectivity index is 0.000000196. The first-order chi connectivity index (χ1) is 12.0. The van der Waals surface area contributed by atoms with Gasteiger partial charge in [0.25, 0.3) is 0 Å². The van der Waals surface area contributed by atoms with Crippen molar-refractivity contribution in [2.75, 3.05) is 0 Å². The van der Waals surface area contributed by atoms with Crippen molar-refractivity contribution < 1.29 is 14.5 Å². The van der Waals surface area contributed by atoms with Crippen molar-refractivity contribution in [3.8, 4) is 0 Å². The minimum Gasteiger partial charge on any atom is -0.548 e. The number of carboxylic acid groups (broad SMARTS) is 1. The molecule has 0 saturated carbocycles. The summed E-state index contributed by atoms with van der Waals surface area (Å²) in [5, 5.41) is 11.5. The molecule has 134 valence electrons. The molecule has 0 fully saturated rings. The molecule has 0 bridgehead atoms. The van der Waals surface area contributed by atoms with Crippen molar-refractivity contribution in [1.29, 1.82) is 0 Å². The second-order valence-electron chi connectivity index (χ2n) is 6.16. The molecule has 6 heteroatoms. The van der Waals surface area contributed by atoms with E-state index in [2.05, 4.69) is 39.8 Å². The van der Waals surface area contributed by atoms with E-state index in [0.717, 1.165) is 23.0 Å². The van der Waals surface area contributed by atoms with Crippen LogP contribution in [0.1, 0.15) is 25.3 Å². The number of carboxylic acids is 1. The van der Waals surface area contributed by atoms with E-state index in [1.54, 1.807) is 6.20 Å². The minimum absolute atomic E-state index is 0.284. The van der Waals surface area contributed by atoms with Crippen LogP contribution in [0.15, 0.2) is 49.2 Å². The van der Waals surface area contributed by atoms with E-state index in [4.69, 9.17) is 5.73 Å². The van der Waals surface area contributed by atoms with Crippen LogP contribution in [0.25, 0.3) is 10.9 Å². The standard InChI is InChI=1S/C11H12N2O2.C8H15N2/c12-9(11(14)15)5-7-6-13-10-4-2-1-3-8(7)10;1-3-4-5-10-7-6-9(2)8-10/h1-4,6,9,13H,5,12H2,(H,14,15);6-8H,3-5H2,1-2H3/q;+1/p-1/t9-;/m0./s1. The first-order valence-electron chi connectivity index (χ1n) is 8.53. The molecule has 3 N–H and O–H groups in total. The van der Waals surface area contributed by atoms with E-state index < -0.39 is 12.0 Å². The summed E-state index contributed by atoms with van der Waals surface area (Å²) in [6, 6.07) is 6.74. The van der Waals surface area contributed by atoms with E-state index >= 15 is 0 Å². The fourth-order valence-electron chi connectivity index (χ4n) is 2.60. The van der Waals surface area contributed by atoms with Gasteiger partial charge in [0.15, 0.2) is 0 Å². The number of para-hydroxylation sites is 1. The van der Waals surface area contributed by atoms with Gasteiger partial charge in [-0.1, -0.05) is 31.5 Å². The van der Waals surface area contributed by atoms with Gasteiger partial charge in [0.1, 0.15) is 12.4 Å². The number of H-pyrrole nitrogens is 1. The zero-order valence-electron chi connectivity index (χ0n) is 14.8. The molecule has 2 heterocycles. The average molecular weight is 342 g/mol. The van der Waals surface area contributed by atoms with Crippen molar-refractivity contribution in [1.82, 2.24) is 9.55 Å². The molecule has 1 atom stereocenters. The van der Waals surface area contributed by atoms with Crippen LogP contribution < -0.4 is 15.4 Å². The lowest BCUT2D eigenvalue weighted by atomic mass is 10.1. The molecule has 0 spiro atoms. The molecule has 0 saturated heterocycles. The number of nitrogens with zero attached hydrogens (tertiary/aromatic N) is 2. The number of imidazole rings is 1. The van der Waals surface area contributed by atoms with Crippen LogP contribution in [0.2, 0.25) is 0 Å². The fraction of sp³-hybridized carbons (Fsp3) is 0.368. The van der Waals surface area contributed by atoms with Crippen LogP contribution >= 0.6 is 0 Å². The maximum atomic E-state index is 10.5. The summed E-state index contributed by atoms with van der Waals surface area (Å²) in [6.45, 7) is 3.36. The van der Waals surface area contributed by atoms with E-state index in [1.165, 1.54) is 12.8 Å². The SMILES string of the molecule is CCCCn1cc[n+](C)c1.N[C@@H](Cc1c[nH]c2ccccc12)C(=O)[O-]. The number of aromatic amines is 1. The highest BCUT2D eigenvalue weighted by Gasteiger charge is 2.08. The molecular weight excluding hydrogens is 316 g/mol. The number of carbonyl (C=O) groups excluding carboxylic acids is 1. The fourth-order valence-corrected chi connectivity index (χ4v) is 2.60. The predicted octanol–water partition coefficient (Wildman–Crippen LogP) is 0.900. The number of aromatic nitrogens is 3. The molecular formula is C19H26N4O2. The zero-order chi connectivity index (χ0) is 18.2. The van der Waals surface area contributed by atoms with E-state index in [0.29, 0.717) is 0 Å². The predicted molar refractivity (Wildman–Crippen MR) is 95.5 cm³/mol. The molecule has 0 aliphatic rings. The summed E-state index contributed by atoms with van der Waals surface area (Å²) < 4.78 is 4.28. The van der Waals surface area contributed by atoms with Crippen molar-refractivity contribution in [3.05, 3.63) is 54.7 Å². The molecule has 3 aromatic rings. The molecule has 25 heavy (non-hydrogen) atoms. The van der Waals surface area contributed by atoms with Crippen LogP contribution in [0.5, 0.6) is 0 Å². The average Bonchev–Trinajstić information content (AvgIpc) is 3.20. The second-order valence-corrected chi connectivity index (χ2v) is 6.16. The van der Waals surface area contributed by atoms with Crippen LogP contribution in [0.3, 0.4) is 0 Å². The monoisotopic (exact) mass is 342 g/mol. The normalized spacial score (nSPS) is 11.8. The van der Waals surface area contributed by atoms with Gasteiger partial charge in [-0.2, -0.15) is 0 Å². The Morgan fingerprint density at radius 2 is 2.16 bits per heavy atom. The van der Waals surface area contributed by atoms with Crippen molar-refractivity contribution >= 4 is 16.9 Å². The highest BCUT2D eigenvalue weighted by atomic mass is 16.4. The van der Waals surface area contributed by atoms with E-state index in [9.17, 15) is 9.90 Å². The summed E-state index contributed by atoms with van der Waals surface area (Å²) in [4.78, 5) is 13.6. The van der Waals surface area contributed by atoms with Gasteiger partial charge >= 0.3 is 0 Å². The van der Waals surface area contributed by atoms with Crippen LogP contribution in [-0.4, -0.2) is 21.6 Å². The number of unbranched alkanes of at least 4 members (excludes halogenated alkanes) is 1. The number of nitrogens with two attached hydrogens (primary N) is 1. The summed E-state index contributed by atoms with van der Waals surface area (Å²) >= 11 is 0. The highest BCUT2D eigenvalue weighted by Crippen LogP contribution is 2.18. The number of aryl methyl sites for hydroxylation is 2. The summed E-state index contributed by atoms with van der Waals surface area (Å²) in [5.74, 6) is -1.22. The van der Waals surface area contributed by atoms with Crippen LogP contribution in [-0.2, 0) is 24.8 Å². The first-order valence-corrected chi connectivity index (χ1v) is 8.53. The van der Waals surface area contributed by atoms with Gasteiger partial charge in [-0.25, -0.2) is 9.13 Å². The number of aliphatic carboxylic acids is 1. The number of nitrogens with one attached hydrogen (secondary N) is 1. The van der Waals surface area contributed by atoms with E-state index in [1.807, 2.05) is 31.3 Å². The van der Waals surface area contributed by atoms with Crippen LogP contribution in [0, 0.1) is 0 Å². The molecule has 0 radical (unpaired) electrons.